The molecule has 2 N–H and O–H groups in total. The normalized spacial score (nSPS) is 17.5. The minimum absolute atomic E-state index is 0. The van der Waals surface area contributed by atoms with Crippen molar-refractivity contribution < 1.29 is 13.2 Å². The van der Waals surface area contributed by atoms with E-state index in [4.69, 9.17) is 0 Å². The second-order valence-corrected chi connectivity index (χ2v) is 8.34. The maximum Gasteiger partial charge on any atom is 0.416 e. The van der Waals surface area contributed by atoms with Crippen LogP contribution >= 0.6 is 35.3 Å². The number of guanidine groups is 1. The van der Waals surface area contributed by atoms with Gasteiger partial charge in [0.25, 0.3) is 0 Å². The van der Waals surface area contributed by atoms with Crippen molar-refractivity contribution in [2.45, 2.75) is 44.9 Å². The number of likely N-dealkylation sites (tertiary alicyclic amines) is 1. The lowest BCUT2D eigenvalue weighted by atomic mass is 10.1. The predicted molar refractivity (Wildman–Crippen MR) is 130 cm³/mol. The first kappa shape index (κ1) is 25.9. The van der Waals surface area contributed by atoms with Gasteiger partial charge in [0, 0.05) is 51.1 Å². The van der Waals surface area contributed by atoms with E-state index in [-0.39, 0.29) is 30.0 Å². The van der Waals surface area contributed by atoms with Gasteiger partial charge in [-0.25, -0.2) is 4.98 Å². The number of halogens is 4. The number of rotatable bonds is 7. The maximum atomic E-state index is 12.7. The van der Waals surface area contributed by atoms with Gasteiger partial charge < -0.3 is 10.6 Å². The molecule has 0 amide bonds. The van der Waals surface area contributed by atoms with E-state index in [2.05, 4.69) is 37.8 Å². The molecule has 1 saturated heterocycles. The van der Waals surface area contributed by atoms with Crippen LogP contribution in [0.15, 0.2) is 34.6 Å². The molecule has 172 valence electrons. The van der Waals surface area contributed by atoms with Crippen LogP contribution in [0.4, 0.5) is 13.2 Å². The smallest absolute Gasteiger partial charge is 0.356 e. The molecule has 2 aromatic rings. The van der Waals surface area contributed by atoms with Crippen LogP contribution in [-0.2, 0) is 25.6 Å². The highest BCUT2D eigenvalue weighted by atomic mass is 127. The molecule has 0 aliphatic carbocycles. The van der Waals surface area contributed by atoms with Gasteiger partial charge >= 0.3 is 6.18 Å². The Morgan fingerprint density at radius 3 is 2.65 bits per heavy atom. The van der Waals surface area contributed by atoms with E-state index in [1.807, 2.05) is 0 Å². The summed E-state index contributed by atoms with van der Waals surface area (Å²) in [5, 5.41) is 10.0. The number of hydrogen-bond acceptors (Lipinski definition) is 4. The number of aromatic nitrogens is 1. The number of aliphatic imine (C=N–C) groups is 1. The molecule has 1 aliphatic rings. The Hall–Kier alpha value is -1.40. The van der Waals surface area contributed by atoms with Crippen LogP contribution in [0.5, 0.6) is 0 Å². The largest absolute Gasteiger partial charge is 0.416 e. The summed E-state index contributed by atoms with van der Waals surface area (Å²) in [5.74, 6) is 0.766. The molecule has 10 heteroatoms. The van der Waals surface area contributed by atoms with Gasteiger partial charge in [0.1, 0.15) is 0 Å². The molecule has 3 rings (SSSR count). The quantitative estimate of drug-likeness (QED) is 0.298. The van der Waals surface area contributed by atoms with Crippen molar-refractivity contribution in [1.82, 2.24) is 20.5 Å². The van der Waals surface area contributed by atoms with Crippen molar-refractivity contribution >= 4 is 41.3 Å². The van der Waals surface area contributed by atoms with Gasteiger partial charge in [-0.3, -0.25) is 9.89 Å². The summed E-state index contributed by atoms with van der Waals surface area (Å²) in [6.07, 6.45) is -1.51. The van der Waals surface area contributed by atoms with Gasteiger partial charge in [-0.1, -0.05) is 19.1 Å². The number of thiazole rings is 1. The Morgan fingerprint density at radius 2 is 2.03 bits per heavy atom. The summed E-state index contributed by atoms with van der Waals surface area (Å²) < 4.78 is 38.1. The average Bonchev–Trinajstić information content (AvgIpc) is 3.36. The molecule has 0 bridgehead atoms. The minimum Gasteiger partial charge on any atom is -0.356 e. The lowest BCUT2D eigenvalue weighted by Crippen LogP contribution is -2.45. The monoisotopic (exact) mass is 567 g/mol. The number of aryl methyl sites for hydroxylation is 1. The first-order valence-electron chi connectivity index (χ1n) is 10.2. The summed E-state index contributed by atoms with van der Waals surface area (Å²) in [7, 11) is 1.75. The highest BCUT2D eigenvalue weighted by Crippen LogP contribution is 2.29. The molecule has 1 aliphatic heterocycles. The van der Waals surface area contributed by atoms with Crippen LogP contribution in [0.25, 0.3) is 0 Å². The molecule has 1 unspecified atom stereocenters. The minimum atomic E-state index is -4.29. The Morgan fingerprint density at radius 1 is 1.29 bits per heavy atom. The van der Waals surface area contributed by atoms with Gasteiger partial charge in [-0.15, -0.1) is 35.3 Å². The van der Waals surface area contributed by atoms with Crippen molar-refractivity contribution in [3.05, 3.63) is 51.5 Å². The number of hydrogen-bond donors (Lipinski definition) is 2. The van der Waals surface area contributed by atoms with Gasteiger partial charge in [-0.05, 0) is 30.5 Å². The molecular weight excluding hydrogens is 538 g/mol. The first-order chi connectivity index (χ1) is 14.4. The van der Waals surface area contributed by atoms with Crippen LogP contribution < -0.4 is 10.6 Å². The molecule has 1 aromatic heterocycles. The third-order valence-electron chi connectivity index (χ3n) is 5.10. The molecule has 2 heterocycles. The summed E-state index contributed by atoms with van der Waals surface area (Å²) >= 11 is 1.70. The summed E-state index contributed by atoms with van der Waals surface area (Å²) in [6, 6.07) is 5.69. The standard InChI is InChI=1S/C21H28F3N5S.HI/c1-3-19-27-18(14-30-19)8-10-26-20(25-2)28-17-9-11-29(13-17)12-15-4-6-16(7-5-15)21(22,23)24;/h4-7,14,17H,3,8-13H2,1-2H3,(H2,25,26,28);1H. The van der Waals surface area contributed by atoms with E-state index >= 15 is 0 Å². The fourth-order valence-corrected chi connectivity index (χ4v) is 4.25. The zero-order valence-electron chi connectivity index (χ0n) is 17.7. The zero-order chi connectivity index (χ0) is 21.6. The predicted octanol–water partition coefficient (Wildman–Crippen LogP) is 4.32. The van der Waals surface area contributed by atoms with E-state index in [0.29, 0.717) is 6.54 Å². The molecule has 1 aromatic carbocycles. The zero-order valence-corrected chi connectivity index (χ0v) is 20.9. The van der Waals surface area contributed by atoms with E-state index in [1.54, 1.807) is 30.5 Å². The van der Waals surface area contributed by atoms with Crippen LogP contribution in [0.3, 0.4) is 0 Å². The Balaban J connectivity index is 0.00000341. The van der Waals surface area contributed by atoms with Gasteiger partial charge in [0.15, 0.2) is 5.96 Å². The lowest BCUT2D eigenvalue weighted by molar-refractivity contribution is -0.137. The molecule has 0 spiro atoms. The number of benzene rings is 1. The van der Waals surface area contributed by atoms with E-state index in [9.17, 15) is 13.2 Å². The highest BCUT2D eigenvalue weighted by Gasteiger charge is 2.30. The van der Waals surface area contributed by atoms with E-state index in [1.165, 1.54) is 0 Å². The highest BCUT2D eigenvalue weighted by molar-refractivity contribution is 14.0. The van der Waals surface area contributed by atoms with E-state index < -0.39 is 11.7 Å². The van der Waals surface area contributed by atoms with Gasteiger partial charge in [0.2, 0.25) is 0 Å². The van der Waals surface area contributed by atoms with Crippen molar-refractivity contribution in [2.75, 3.05) is 26.7 Å². The van der Waals surface area contributed by atoms with Crippen LogP contribution in [0.1, 0.15) is 35.2 Å². The molecular formula is C21H29F3IN5S. The maximum absolute atomic E-state index is 12.7. The Kier molecular flexibility index (Phi) is 10.0. The van der Waals surface area contributed by atoms with Gasteiger partial charge in [-0.2, -0.15) is 13.2 Å². The summed E-state index contributed by atoms with van der Waals surface area (Å²) in [5.41, 5.74) is 1.38. The van der Waals surface area contributed by atoms with Gasteiger partial charge in [0.05, 0.1) is 16.3 Å². The van der Waals surface area contributed by atoms with Crippen molar-refractivity contribution in [1.29, 1.82) is 0 Å². The fourth-order valence-electron chi connectivity index (χ4n) is 3.47. The topological polar surface area (TPSA) is 52.6 Å². The number of alkyl halides is 3. The van der Waals surface area contributed by atoms with Crippen LogP contribution in [0, 0.1) is 0 Å². The number of nitrogens with one attached hydrogen (secondary N) is 2. The van der Waals surface area contributed by atoms with E-state index in [0.717, 1.165) is 73.3 Å². The Bertz CT molecular complexity index is 838. The van der Waals surface area contributed by atoms with Crippen molar-refractivity contribution in [2.24, 2.45) is 4.99 Å². The number of nitrogens with zero attached hydrogens (tertiary/aromatic N) is 3. The average molecular weight is 567 g/mol. The molecule has 31 heavy (non-hydrogen) atoms. The second-order valence-electron chi connectivity index (χ2n) is 7.39. The van der Waals surface area contributed by atoms with Crippen LogP contribution in [0.2, 0.25) is 0 Å². The van der Waals surface area contributed by atoms with Crippen molar-refractivity contribution in [3.63, 3.8) is 0 Å². The Labute approximate surface area is 202 Å². The third kappa shape index (κ3) is 7.90. The summed E-state index contributed by atoms with van der Waals surface area (Å²) in [6.45, 7) is 5.23. The molecule has 0 radical (unpaired) electrons. The molecule has 1 fully saturated rings. The molecule has 5 nitrogen and oxygen atoms in total. The SMILES string of the molecule is CCc1nc(CCNC(=NC)NC2CCN(Cc3ccc(C(F)(F)F)cc3)C2)cs1.I. The molecule has 0 saturated carbocycles. The summed E-state index contributed by atoms with van der Waals surface area (Å²) in [4.78, 5) is 11.1. The first-order valence-corrected chi connectivity index (χ1v) is 11.0. The van der Waals surface area contributed by atoms with Crippen molar-refractivity contribution in [3.8, 4) is 0 Å². The third-order valence-corrected chi connectivity index (χ3v) is 6.14. The lowest BCUT2D eigenvalue weighted by Gasteiger charge is -2.19. The second kappa shape index (κ2) is 12.0. The molecule has 1 atom stereocenters. The fraction of sp³-hybridized carbons (Fsp3) is 0.524. The van der Waals surface area contributed by atoms with Crippen LogP contribution in [-0.4, -0.2) is 48.6 Å².